The molecule has 1 unspecified atom stereocenters. The Morgan fingerprint density at radius 1 is 1.57 bits per heavy atom. The van der Waals surface area contributed by atoms with Gasteiger partial charge in [0.05, 0.1) is 3.79 Å². The van der Waals surface area contributed by atoms with E-state index in [1.807, 2.05) is 18.4 Å². The van der Waals surface area contributed by atoms with Crippen molar-refractivity contribution in [3.8, 4) is 0 Å². The maximum Gasteiger partial charge on any atom is 0.0701 e. The minimum atomic E-state index is 0.500. The molecule has 0 aliphatic rings. The van der Waals surface area contributed by atoms with E-state index in [-0.39, 0.29) is 0 Å². The fourth-order valence-electron chi connectivity index (χ4n) is 1.25. The van der Waals surface area contributed by atoms with Gasteiger partial charge in [-0.3, -0.25) is 4.90 Å². The lowest BCUT2D eigenvalue weighted by Crippen LogP contribution is -2.29. The number of nitrogens with one attached hydrogen (secondary N) is 1. The Hall–Kier alpha value is 0.1000. The van der Waals surface area contributed by atoms with Crippen LogP contribution in [0.5, 0.6) is 0 Å². The number of thiophene rings is 1. The van der Waals surface area contributed by atoms with Gasteiger partial charge in [0.1, 0.15) is 0 Å². The fraction of sp³-hybridized carbons (Fsp3) is 0.600. The van der Waals surface area contributed by atoms with Gasteiger partial charge in [-0.05, 0) is 49.1 Å². The monoisotopic (exact) mass is 276 g/mol. The van der Waals surface area contributed by atoms with Gasteiger partial charge in [0.15, 0.2) is 0 Å². The van der Waals surface area contributed by atoms with E-state index in [0.29, 0.717) is 6.04 Å². The molecule has 0 aliphatic carbocycles. The topological polar surface area (TPSA) is 15.3 Å². The van der Waals surface area contributed by atoms with E-state index < -0.39 is 0 Å². The standard InChI is InChI=1S/C10H17BrN2S/c1-8(13(3)7-6-12-2)9-4-5-10(11)14-9/h4-5,8,12H,6-7H2,1-3H3. The molecule has 0 amide bonds. The second kappa shape index (κ2) is 5.85. The Morgan fingerprint density at radius 2 is 2.29 bits per heavy atom. The zero-order valence-corrected chi connectivity index (χ0v) is 11.3. The van der Waals surface area contributed by atoms with Crippen LogP contribution in [0.2, 0.25) is 0 Å². The largest absolute Gasteiger partial charge is 0.318 e. The van der Waals surface area contributed by atoms with Crippen LogP contribution in [0.15, 0.2) is 15.9 Å². The Bertz CT molecular complexity index is 275. The van der Waals surface area contributed by atoms with Crippen LogP contribution in [0.4, 0.5) is 0 Å². The number of nitrogens with zero attached hydrogens (tertiary/aromatic N) is 1. The quantitative estimate of drug-likeness (QED) is 0.890. The van der Waals surface area contributed by atoms with Gasteiger partial charge < -0.3 is 5.32 Å². The van der Waals surface area contributed by atoms with Crippen molar-refractivity contribution in [1.82, 2.24) is 10.2 Å². The molecule has 14 heavy (non-hydrogen) atoms. The van der Waals surface area contributed by atoms with Crippen molar-refractivity contribution in [3.05, 3.63) is 20.8 Å². The van der Waals surface area contributed by atoms with Gasteiger partial charge in [0.2, 0.25) is 0 Å². The third-order valence-corrected chi connectivity index (χ3v) is 4.18. The van der Waals surface area contributed by atoms with Crippen LogP contribution in [0, 0.1) is 0 Å². The molecular weight excluding hydrogens is 260 g/mol. The average molecular weight is 277 g/mol. The lowest BCUT2D eigenvalue weighted by Gasteiger charge is -2.23. The molecule has 1 N–H and O–H groups in total. The first kappa shape index (κ1) is 12.2. The number of halogens is 1. The molecular formula is C10H17BrN2S. The van der Waals surface area contributed by atoms with Crippen LogP contribution in [-0.4, -0.2) is 32.1 Å². The molecule has 0 spiro atoms. The molecule has 0 radical (unpaired) electrons. The number of hydrogen-bond donors (Lipinski definition) is 1. The predicted molar refractivity (Wildman–Crippen MR) is 67.0 cm³/mol. The Morgan fingerprint density at radius 3 is 2.79 bits per heavy atom. The molecule has 1 aromatic heterocycles. The number of likely N-dealkylation sites (N-methyl/N-ethyl adjacent to an activating group) is 2. The van der Waals surface area contributed by atoms with E-state index >= 15 is 0 Å². The first-order valence-corrected chi connectivity index (χ1v) is 6.36. The summed E-state index contributed by atoms with van der Waals surface area (Å²) in [6.07, 6.45) is 0. The van der Waals surface area contributed by atoms with Crippen molar-refractivity contribution in [1.29, 1.82) is 0 Å². The van der Waals surface area contributed by atoms with Crippen molar-refractivity contribution in [2.45, 2.75) is 13.0 Å². The minimum absolute atomic E-state index is 0.500. The van der Waals surface area contributed by atoms with Gasteiger partial charge >= 0.3 is 0 Å². The van der Waals surface area contributed by atoms with Gasteiger partial charge in [-0.1, -0.05) is 0 Å². The first-order valence-electron chi connectivity index (χ1n) is 4.75. The highest BCUT2D eigenvalue weighted by molar-refractivity contribution is 9.11. The van der Waals surface area contributed by atoms with Gasteiger partial charge in [0, 0.05) is 24.0 Å². The zero-order valence-electron chi connectivity index (χ0n) is 8.88. The molecule has 0 bridgehead atoms. The molecule has 1 aromatic rings. The van der Waals surface area contributed by atoms with Crippen LogP contribution in [-0.2, 0) is 0 Å². The number of hydrogen-bond acceptors (Lipinski definition) is 3. The predicted octanol–water partition coefficient (Wildman–Crippen LogP) is 2.72. The van der Waals surface area contributed by atoms with Crippen molar-refractivity contribution in [3.63, 3.8) is 0 Å². The molecule has 4 heteroatoms. The highest BCUT2D eigenvalue weighted by Crippen LogP contribution is 2.29. The van der Waals surface area contributed by atoms with Crippen LogP contribution in [0.25, 0.3) is 0 Å². The van der Waals surface area contributed by atoms with Gasteiger partial charge in [-0.2, -0.15) is 0 Å². The maximum absolute atomic E-state index is 3.49. The Labute approximate surface area is 98.4 Å². The highest BCUT2D eigenvalue weighted by atomic mass is 79.9. The average Bonchev–Trinajstić information content (AvgIpc) is 2.60. The second-order valence-electron chi connectivity index (χ2n) is 3.40. The number of rotatable bonds is 5. The molecule has 1 rings (SSSR count). The summed E-state index contributed by atoms with van der Waals surface area (Å²) in [4.78, 5) is 3.77. The molecule has 0 aliphatic heterocycles. The van der Waals surface area contributed by atoms with Gasteiger partial charge in [0.25, 0.3) is 0 Å². The third kappa shape index (κ3) is 3.35. The van der Waals surface area contributed by atoms with Crippen LogP contribution >= 0.6 is 27.3 Å². The summed E-state index contributed by atoms with van der Waals surface area (Å²) in [5.41, 5.74) is 0. The maximum atomic E-state index is 3.49. The Kier molecular flexibility index (Phi) is 5.09. The van der Waals surface area contributed by atoms with Crippen LogP contribution in [0.1, 0.15) is 17.8 Å². The van der Waals surface area contributed by atoms with Crippen molar-refractivity contribution < 1.29 is 0 Å². The van der Waals surface area contributed by atoms with Crippen molar-refractivity contribution in [2.75, 3.05) is 27.2 Å². The van der Waals surface area contributed by atoms with Gasteiger partial charge in [-0.15, -0.1) is 11.3 Å². The molecule has 0 aromatic carbocycles. The smallest absolute Gasteiger partial charge is 0.0701 e. The minimum Gasteiger partial charge on any atom is -0.318 e. The SMILES string of the molecule is CNCCN(C)C(C)c1ccc(Br)s1. The van der Waals surface area contributed by atoms with Crippen LogP contribution in [0.3, 0.4) is 0 Å². The van der Waals surface area contributed by atoms with E-state index in [9.17, 15) is 0 Å². The Balaban J connectivity index is 2.51. The molecule has 0 saturated carbocycles. The normalized spacial score (nSPS) is 13.5. The summed E-state index contributed by atoms with van der Waals surface area (Å²) < 4.78 is 1.21. The van der Waals surface area contributed by atoms with E-state index in [4.69, 9.17) is 0 Å². The van der Waals surface area contributed by atoms with Crippen LogP contribution < -0.4 is 5.32 Å². The summed E-state index contributed by atoms with van der Waals surface area (Å²) in [5.74, 6) is 0. The summed E-state index contributed by atoms with van der Waals surface area (Å²) in [7, 11) is 4.15. The van der Waals surface area contributed by atoms with E-state index in [2.05, 4.69) is 52.3 Å². The lowest BCUT2D eigenvalue weighted by atomic mass is 10.2. The van der Waals surface area contributed by atoms with E-state index in [0.717, 1.165) is 13.1 Å². The highest BCUT2D eigenvalue weighted by Gasteiger charge is 2.12. The van der Waals surface area contributed by atoms with Crippen molar-refractivity contribution in [2.24, 2.45) is 0 Å². The second-order valence-corrected chi connectivity index (χ2v) is 5.90. The fourth-order valence-corrected chi connectivity index (χ4v) is 2.79. The van der Waals surface area contributed by atoms with Crippen molar-refractivity contribution >= 4 is 27.3 Å². The molecule has 2 nitrogen and oxygen atoms in total. The molecule has 0 saturated heterocycles. The lowest BCUT2D eigenvalue weighted by molar-refractivity contribution is 0.267. The molecule has 1 atom stereocenters. The van der Waals surface area contributed by atoms with E-state index in [1.165, 1.54) is 8.66 Å². The molecule has 1 heterocycles. The van der Waals surface area contributed by atoms with E-state index in [1.54, 1.807) is 0 Å². The summed E-state index contributed by atoms with van der Waals surface area (Å²) in [5, 5.41) is 3.16. The zero-order chi connectivity index (χ0) is 10.6. The third-order valence-electron chi connectivity index (χ3n) is 2.38. The van der Waals surface area contributed by atoms with Gasteiger partial charge in [-0.25, -0.2) is 0 Å². The molecule has 80 valence electrons. The summed E-state index contributed by atoms with van der Waals surface area (Å²) in [6, 6.07) is 4.80. The first-order chi connectivity index (χ1) is 6.65. The summed E-state index contributed by atoms with van der Waals surface area (Å²) >= 11 is 5.30. The summed E-state index contributed by atoms with van der Waals surface area (Å²) in [6.45, 7) is 4.36. The molecule has 0 fully saturated rings.